The van der Waals surface area contributed by atoms with Gasteiger partial charge in [0.05, 0.1) is 0 Å². The summed E-state index contributed by atoms with van der Waals surface area (Å²) in [5.41, 5.74) is -0.142. The minimum atomic E-state index is -0.142. The maximum Gasteiger partial charge on any atom is 0.349 e. The van der Waals surface area contributed by atoms with Crippen molar-refractivity contribution in [2.45, 2.75) is 37.4 Å². The van der Waals surface area contributed by atoms with Crippen LogP contribution >= 0.6 is 0 Å². The Bertz CT molecular complexity index is 194. The van der Waals surface area contributed by atoms with Crippen molar-refractivity contribution in [2.75, 3.05) is 13.1 Å². The van der Waals surface area contributed by atoms with Gasteiger partial charge in [-0.15, -0.1) is 0 Å². The molecule has 3 nitrogen and oxygen atoms in total. The van der Waals surface area contributed by atoms with Gasteiger partial charge in [-0.25, -0.2) is 5.32 Å². The number of nitrogens with one attached hydrogen (secondary N) is 2. The SMILES string of the molecule is C#[N+]C12CCCCC1NCCN2. The molecule has 66 valence electrons. The first-order valence-electron chi connectivity index (χ1n) is 4.78. The summed E-state index contributed by atoms with van der Waals surface area (Å²) < 4.78 is 0. The van der Waals surface area contributed by atoms with Crippen molar-refractivity contribution >= 4 is 0 Å². The first-order chi connectivity index (χ1) is 5.87. The Kier molecular flexibility index (Phi) is 2.03. The number of hydrogen-bond acceptors (Lipinski definition) is 2. The van der Waals surface area contributed by atoms with Crippen molar-refractivity contribution < 1.29 is 0 Å². The van der Waals surface area contributed by atoms with Crippen molar-refractivity contribution in [2.24, 2.45) is 0 Å². The van der Waals surface area contributed by atoms with Crippen molar-refractivity contribution in [3.63, 3.8) is 0 Å². The predicted octanol–water partition coefficient (Wildman–Crippen LogP) is 0.781. The molecule has 1 heterocycles. The van der Waals surface area contributed by atoms with E-state index in [1.54, 1.807) is 0 Å². The standard InChI is InChI=1S/C9H16N3/c1-10-9-5-3-2-4-8(9)11-6-7-12-9/h1,8,11-12H,2-7H2/q+1. The molecule has 2 N–H and O–H groups in total. The average Bonchev–Trinajstić information content (AvgIpc) is 2.18. The number of piperazine rings is 1. The summed E-state index contributed by atoms with van der Waals surface area (Å²) in [6, 6.07) is 0.463. The van der Waals surface area contributed by atoms with Crippen LogP contribution in [0.3, 0.4) is 0 Å². The summed E-state index contributed by atoms with van der Waals surface area (Å²) in [6.45, 7) is 7.50. The van der Waals surface area contributed by atoms with Crippen LogP contribution in [-0.2, 0) is 0 Å². The molecule has 0 aromatic rings. The third-order valence-electron chi connectivity index (χ3n) is 3.05. The van der Waals surface area contributed by atoms with E-state index in [9.17, 15) is 0 Å². The number of rotatable bonds is 0. The van der Waals surface area contributed by atoms with Crippen molar-refractivity contribution in [3.8, 4) is 6.57 Å². The van der Waals surface area contributed by atoms with E-state index in [4.69, 9.17) is 6.57 Å². The Morgan fingerprint density at radius 1 is 1.33 bits per heavy atom. The molecule has 2 atom stereocenters. The van der Waals surface area contributed by atoms with Crippen LogP contribution in [0.4, 0.5) is 0 Å². The highest BCUT2D eigenvalue weighted by Crippen LogP contribution is 2.30. The van der Waals surface area contributed by atoms with Gasteiger partial charge in [0.25, 0.3) is 6.57 Å². The molecular formula is C9H16N3+. The van der Waals surface area contributed by atoms with Crippen LogP contribution in [0.1, 0.15) is 25.7 Å². The van der Waals surface area contributed by atoms with Gasteiger partial charge in [-0.2, -0.15) is 0 Å². The Labute approximate surface area is 73.3 Å². The number of hydrogen-bond donors (Lipinski definition) is 2. The third kappa shape index (κ3) is 1.12. The van der Waals surface area contributed by atoms with Crippen LogP contribution in [0.15, 0.2) is 0 Å². The van der Waals surface area contributed by atoms with Crippen molar-refractivity contribution in [1.29, 1.82) is 0 Å². The van der Waals surface area contributed by atoms with E-state index in [1.165, 1.54) is 19.3 Å². The third-order valence-corrected chi connectivity index (χ3v) is 3.05. The van der Waals surface area contributed by atoms with Gasteiger partial charge in [-0.3, -0.25) is 0 Å². The highest BCUT2D eigenvalue weighted by molar-refractivity contribution is 5.10. The zero-order valence-corrected chi connectivity index (χ0v) is 7.34. The quantitative estimate of drug-likeness (QED) is 0.556. The fourth-order valence-corrected chi connectivity index (χ4v) is 2.36. The van der Waals surface area contributed by atoms with Crippen LogP contribution < -0.4 is 10.6 Å². The first-order valence-corrected chi connectivity index (χ1v) is 4.78. The molecule has 1 aliphatic heterocycles. The zero-order valence-electron chi connectivity index (χ0n) is 7.34. The lowest BCUT2D eigenvalue weighted by atomic mass is 9.83. The Hall–Kier alpha value is -0.590. The molecule has 0 amide bonds. The first kappa shape index (κ1) is 8.03. The van der Waals surface area contributed by atoms with Gasteiger partial charge in [-0.1, -0.05) is 11.3 Å². The molecule has 2 aliphatic rings. The fraction of sp³-hybridized carbons (Fsp3) is 0.889. The number of nitrogens with zero attached hydrogens (tertiary/aromatic N) is 1. The van der Waals surface area contributed by atoms with Crippen molar-refractivity contribution in [1.82, 2.24) is 10.6 Å². The summed E-state index contributed by atoms with van der Waals surface area (Å²) in [6.07, 6.45) is 4.83. The second-order valence-electron chi connectivity index (χ2n) is 3.73. The van der Waals surface area contributed by atoms with Crippen LogP contribution in [-0.4, -0.2) is 24.8 Å². The smallest absolute Gasteiger partial charge is 0.304 e. The Morgan fingerprint density at radius 3 is 3.00 bits per heavy atom. The molecule has 0 bridgehead atoms. The van der Waals surface area contributed by atoms with Gasteiger partial charge in [0.1, 0.15) is 6.04 Å². The Morgan fingerprint density at radius 2 is 2.25 bits per heavy atom. The summed E-state index contributed by atoms with van der Waals surface area (Å²) in [7, 11) is 0. The van der Waals surface area contributed by atoms with Crippen LogP contribution in [0.25, 0.3) is 4.85 Å². The second kappa shape index (κ2) is 3.04. The van der Waals surface area contributed by atoms with E-state index in [0.717, 1.165) is 19.5 Å². The van der Waals surface area contributed by atoms with E-state index in [-0.39, 0.29) is 5.66 Å². The average molecular weight is 166 g/mol. The molecule has 1 saturated heterocycles. The van der Waals surface area contributed by atoms with E-state index in [1.807, 2.05) is 0 Å². The van der Waals surface area contributed by atoms with E-state index < -0.39 is 0 Å². The summed E-state index contributed by atoms with van der Waals surface area (Å²) >= 11 is 0. The van der Waals surface area contributed by atoms with E-state index in [0.29, 0.717) is 6.04 Å². The van der Waals surface area contributed by atoms with Gasteiger partial charge in [0.2, 0.25) is 0 Å². The molecule has 0 aromatic heterocycles. The van der Waals surface area contributed by atoms with Gasteiger partial charge in [0, 0.05) is 19.5 Å². The van der Waals surface area contributed by atoms with Gasteiger partial charge < -0.3 is 5.32 Å². The highest BCUT2D eigenvalue weighted by atomic mass is 15.2. The lowest BCUT2D eigenvalue weighted by Gasteiger charge is -2.36. The molecule has 1 aliphatic carbocycles. The molecule has 0 spiro atoms. The van der Waals surface area contributed by atoms with Crippen molar-refractivity contribution in [3.05, 3.63) is 4.85 Å². The fourth-order valence-electron chi connectivity index (χ4n) is 2.36. The molecule has 3 heteroatoms. The molecule has 1 saturated carbocycles. The highest BCUT2D eigenvalue weighted by Gasteiger charge is 2.51. The number of fused-ring (bicyclic) bond motifs is 1. The molecule has 0 aromatic carbocycles. The summed E-state index contributed by atoms with van der Waals surface area (Å²) in [5.74, 6) is 0. The van der Waals surface area contributed by atoms with Gasteiger partial charge in [-0.05, 0) is 12.8 Å². The van der Waals surface area contributed by atoms with Crippen LogP contribution in [0.2, 0.25) is 0 Å². The monoisotopic (exact) mass is 166 g/mol. The molecule has 2 rings (SSSR count). The normalized spacial score (nSPS) is 41.4. The van der Waals surface area contributed by atoms with E-state index >= 15 is 0 Å². The molecule has 12 heavy (non-hydrogen) atoms. The molecule has 2 fully saturated rings. The van der Waals surface area contributed by atoms with Gasteiger partial charge >= 0.3 is 5.66 Å². The lowest BCUT2D eigenvalue weighted by molar-refractivity contribution is 0.183. The minimum absolute atomic E-state index is 0.142. The molecular weight excluding hydrogens is 150 g/mol. The van der Waals surface area contributed by atoms with E-state index in [2.05, 4.69) is 15.5 Å². The topological polar surface area (TPSA) is 28.4 Å². The van der Waals surface area contributed by atoms with Crippen LogP contribution in [0, 0.1) is 6.57 Å². The second-order valence-corrected chi connectivity index (χ2v) is 3.73. The molecule has 2 unspecified atom stereocenters. The van der Waals surface area contributed by atoms with Gasteiger partial charge in [0.15, 0.2) is 0 Å². The summed E-state index contributed by atoms with van der Waals surface area (Å²) in [4.78, 5) is 4.03. The van der Waals surface area contributed by atoms with Crippen LogP contribution in [0.5, 0.6) is 0 Å². The summed E-state index contributed by atoms with van der Waals surface area (Å²) in [5, 5.41) is 6.91. The zero-order chi connectivity index (χ0) is 8.44. The predicted molar refractivity (Wildman–Crippen MR) is 49.3 cm³/mol. The Balaban J connectivity index is 2.16. The molecule has 0 radical (unpaired) electrons. The largest absolute Gasteiger partial charge is 0.349 e. The minimum Gasteiger partial charge on any atom is -0.304 e. The maximum atomic E-state index is 5.47. The lowest BCUT2D eigenvalue weighted by Crippen LogP contribution is -2.65. The maximum absolute atomic E-state index is 5.47.